The summed E-state index contributed by atoms with van der Waals surface area (Å²) >= 11 is 0. The molecule has 1 aromatic rings. The second-order valence-corrected chi connectivity index (χ2v) is 4.14. The standard InChI is InChI=1S/C14H20O2/c1-3-4-8-12(2)14(15)16-11-13-9-6-5-7-10-13/h5-7,9-10,12H,3-4,8,11H2,1-2H3/t12-/m1/s1. The lowest BCUT2D eigenvalue weighted by Crippen LogP contribution is -2.14. The van der Waals surface area contributed by atoms with Crippen LogP contribution in [-0.4, -0.2) is 5.97 Å². The molecule has 1 atom stereocenters. The highest BCUT2D eigenvalue weighted by Gasteiger charge is 2.13. The van der Waals surface area contributed by atoms with Gasteiger partial charge >= 0.3 is 5.97 Å². The summed E-state index contributed by atoms with van der Waals surface area (Å²) in [7, 11) is 0. The minimum Gasteiger partial charge on any atom is -0.461 e. The highest BCUT2D eigenvalue weighted by Crippen LogP contribution is 2.11. The summed E-state index contributed by atoms with van der Waals surface area (Å²) in [5, 5.41) is 0. The molecule has 0 aliphatic carbocycles. The molecular formula is C14H20O2. The third-order valence-corrected chi connectivity index (χ3v) is 2.62. The second kappa shape index (κ2) is 7.04. The van der Waals surface area contributed by atoms with Crippen molar-refractivity contribution >= 4 is 5.97 Å². The van der Waals surface area contributed by atoms with Crippen molar-refractivity contribution in [3.63, 3.8) is 0 Å². The highest BCUT2D eigenvalue weighted by molar-refractivity contribution is 5.71. The number of carbonyl (C=O) groups excluding carboxylic acids is 1. The zero-order valence-corrected chi connectivity index (χ0v) is 10.1. The van der Waals surface area contributed by atoms with Crippen molar-refractivity contribution in [3.05, 3.63) is 35.9 Å². The van der Waals surface area contributed by atoms with Crippen LogP contribution >= 0.6 is 0 Å². The van der Waals surface area contributed by atoms with E-state index in [1.807, 2.05) is 37.3 Å². The van der Waals surface area contributed by atoms with Crippen molar-refractivity contribution in [1.29, 1.82) is 0 Å². The average Bonchev–Trinajstić information content (AvgIpc) is 2.34. The molecular weight excluding hydrogens is 200 g/mol. The molecule has 0 heterocycles. The summed E-state index contributed by atoms with van der Waals surface area (Å²) in [6, 6.07) is 9.77. The first-order chi connectivity index (χ1) is 7.74. The van der Waals surface area contributed by atoms with Gasteiger partial charge < -0.3 is 4.74 Å². The molecule has 0 saturated heterocycles. The van der Waals surface area contributed by atoms with Crippen LogP contribution in [0.3, 0.4) is 0 Å². The Morgan fingerprint density at radius 2 is 2.00 bits per heavy atom. The van der Waals surface area contributed by atoms with Gasteiger partial charge in [0.1, 0.15) is 6.61 Å². The first-order valence-corrected chi connectivity index (χ1v) is 5.94. The Balaban J connectivity index is 2.29. The van der Waals surface area contributed by atoms with Crippen LogP contribution in [0.25, 0.3) is 0 Å². The lowest BCUT2D eigenvalue weighted by Gasteiger charge is -2.10. The van der Waals surface area contributed by atoms with Crippen molar-refractivity contribution in [2.45, 2.75) is 39.7 Å². The van der Waals surface area contributed by atoms with Gasteiger partial charge in [0, 0.05) is 0 Å². The van der Waals surface area contributed by atoms with E-state index in [4.69, 9.17) is 4.74 Å². The first kappa shape index (κ1) is 12.8. The molecule has 16 heavy (non-hydrogen) atoms. The lowest BCUT2D eigenvalue weighted by atomic mass is 10.1. The van der Waals surface area contributed by atoms with Crippen LogP contribution < -0.4 is 0 Å². The van der Waals surface area contributed by atoms with E-state index in [9.17, 15) is 4.79 Å². The molecule has 0 N–H and O–H groups in total. The topological polar surface area (TPSA) is 26.3 Å². The monoisotopic (exact) mass is 220 g/mol. The number of ether oxygens (including phenoxy) is 1. The molecule has 2 heteroatoms. The Bertz CT molecular complexity index is 306. The molecule has 0 aliphatic rings. The third-order valence-electron chi connectivity index (χ3n) is 2.62. The maximum absolute atomic E-state index is 11.6. The molecule has 0 spiro atoms. The van der Waals surface area contributed by atoms with E-state index in [1.165, 1.54) is 0 Å². The van der Waals surface area contributed by atoms with Crippen molar-refractivity contribution in [3.8, 4) is 0 Å². The molecule has 0 bridgehead atoms. The van der Waals surface area contributed by atoms with Crippen LogP contribution in [0, 0.1) is 5.92 Å². The maximum atomic E-state index is 11.6. The SMILES string of the molecule is CCCC[C@@H](C)C(=O)OCc1ccccc1. The molecule has 88 valence electrons. The number of unbranched alkanes of at least 4 members (excludes halogenated alkanes) is 1. The Labute approximate surface area is 97.6 Å². The summed E-state index contributed by atoms with van der Waals surface area (Å²) in [5.74, 6) is -0.0686. The van der Waals surface area contributed by atoms with Crippen molar-refractivity contribution in [2.24, 2.45) is 5.92 Å². The molecule has 0 amide bonds. The number of benzene rings is 1. The number of esters is 1. The molecule has 0 radical (unpaired) electrons. The van der Waals surface area contributed by atoms with Gasteiger partial charge in [-0.25, -0.2) is 0 Å². The number of hydrogen-bond acceptors (Lipinski definition) is 2. The minimum absolute atomic E-state index is 0.0173. The smallest absolute Gasteiger partial charge is 0.308 e. The van der Waals surface area contributed by atoms with E-state index in [0.29, 0.717) is 6.61 Å². The van der Waals surface area contributed by atoms with Crippen LogP contribution in [0.15, 0.2) is 30.3 Å². The van der Waals surface area contributed by atoms with Gasteiger partial charge in [0.25, 0.3) is 0 Å². The second-order valence-electron chi connectivity index (χ2n) is 4.14. The molecule has 0 unspecified atom stereocenters. The molecule has 0 fully saturated rings. The van der Waals surface area contributed by atoms with Gasteiger partial charge in [0.05, 0.1) is 5.92 Å². The van der Waals surface area contributed by atoms with E-state index >= 15 is 0 Å². The van der Waals surface area contributed by atoms with Gasteiger partial charge in [-0.15, -0.1) is 0 Å². The predicted octanol–water partition coefficient (Wildman–Crippen LogP) is 3.56. The Morgan fingerprint density at radius 3 is 2.62 bits per heavy atom. The Hall–Kier alpha value is -1.31. The summed E-state index contributed by atoms with van der Waals surface area (Å²) in [4.78, 5) is 11.6. The van der Waals surface area contributed by atoms with Crippen LogP contribution in [0.5, 0.6) is 0 Å². The van der Waals surface area contributed by atoms with Crippen LogP contribution in [0.1, 0.15) is 38.7 Å². The van der Waals surface area contributed by atoms with E-state index in [2.05, 4.69) is 6.92 Å². The summed E-state index contributed by atoms with van der Waals surface area (Å²) in [5.41, 5.74) is 1.04. The quantitative estimate of drug-likeness (QED) is 0.685. The minimum atomic E-state index is -0.0858. The van der Waals surface area contributed by atoms with E-state index in [-0.39, 0.29) is 11.9 Å². The third kappa shape index (κ3) is 4.47. The number of hydrogen-bond donors (Lipinski definition) is 0. The molecule has 2 nitrogen and oxygen atoms in total. The predicted molar refractivity (Wildman–Crippen MR) is 64.9 cm³/mol. The summed E-state index contributed by atoms with van der Waals surface area (Å²) in [6.45, 7) is 4.45. The average molecular weight is 220 g/mol. The normalized spacial score (nSPS) is 12.1. The number of carbonyl (C=O) groups is 1. The first-order valence-electron chi connectivity index (χ1n) is 5.94. The van der Waals surface area contributed by atoms with Gasteiger partial charge in [-0.1, -0.05) is 57.0 Å². The van der Waals surface area contributed by atoms with Crippen LogP contribution in [0.2, 0.25) is 0 Å². The fourth-order valence-electron chi connectivity index (χ4n) is 1.50. The molecule has 1 rings (SSSR count). The van der Waals surface area contributed by atoms with Crippen molar-refractivity contribution in [2.75, 3.05) is 0 Å². The Morgan fingerprint density at radius 1 is 1.31 bits per heavy atom. The van der Waals surface area contributed by atoms with Crippen molar-refractivity contribution < 1.29 is 9.53 Å². The van der Waals surface area contributed by atoms with Gasteiger partial charge in [-0.3, -0.25) is 4.79 Å². The highest BCUT2D eigenvalue weighted by atomic mass is 16.5. The van der Waals surface area contributed by atoms with E-state index in [0.717, 1.165) is 24.8 Å². The summed E-state index contributed by atoms with van der Waals surface area (Å²) < 4.78 is 5.25. The maximum Gasteiger partial charge on any atom is 0.308 e. The van der Waals surface area contributed by atoms with Gasteiger partial charge in [0.2, 0.25) is 0 Å². The molecule has 0 aliphatic heterocycles. The zero-order chi connectivity index (χ0) is 11.8. The van der Waals surface area contributed by atoms with Crippen molar-refractivity contribution in [1.82, 2.24) is 0 Å². The molecule has 0 saturated carbocycles. The molecule has 0 aromatic heterocycles. The Kier molecular flexibility index (Phi) is 5.62. The lowest BCUT2D eigenvalue weighted by molar-refractivity contribution is -0.149. The van der Waals surface area contributed by atoms with Gasteiger partial charge in [-0.05, 0) is 12.0 Å². The largest absolute Gasteiger partial charge is 0.461 e. The fourth-order valence-corrected chi connectivity index (χ4v) is 1.50. The summed E-state index contributed by atoms with van der Waals surface area (Å²) in [6.07, 6.45) is 3.13. The van der Waals surface area contributed by atoms with Crippen LogP contribution in [-0.2, 0) is 16.1 Å². The fraction of sp³-hybridized carbons (Fsp3) is 0.500. The van der Waals surface area contributed by atoms with E-state index < -0.39 is 0 Å². The van der Waals surface area contributed by atoms with Gasteiger partial charge in [0.15, 0.2) is 0 Å². The van der Waals surface area contributed by atoms with Gasteiger partial charge in [-0.2, -0.15) is 0 Å². The van der Waals surface area contributed by atoms with Crippen LogP contribution in [0.4, 0.5) is 0 Å². The molecule has 1 aromatic carbocycles. The number of rotatable bonds is 6. The van der Waals surface area contributed by atoms with E-state index in [1.54, 1.807) is 0 Å². The zero-order valence-electron chi connectivity index (χ0n) is 10.1.